The zero-order valence-electron chi connectivity index (χ0n) is 35.7. The van der Waals surface area contributed by atoms with Crippen LogP contribution in [-0.4, -0.2) is 106 Å². The van der Waals surface area contributed by atoms with E-state index in [9.17, 15) is 19.5 Å². The number of imide groups is 1. The van der Waals surface area contributed by atoms with Gasteiger partial charge in [0.15, 0.2) is 5.82 Å². The fourth-order valence-corrected chi connectivity index (χ4v) is 10.3. The number of hydrogen-bond acceptors (Lipinski definition) is 9. The zero-order chi connectivity index (χ0) is 43.1. The van der Waals surface area contributed by atoms with Gasteiger partial charge >= 0.3 is 6.03 Å². The fourth-order valence-electron chi connectivity index (χ4n) is 10.3. The Morgan fingerprint density at radius 3 is 2.48 bits per heavy atom. The van der Waals surface area contributed by atoms with Gasteiger partial charge in [-0.3, -0.25) is 19.8 Å². The number of rotatable bonds is 9. The Balaban J connectivity index is 0.786. The first kappa shape index (κ1) is 41.3. The number of benzene rings is 3. The van der Waals surface area contributed by atoms with Crippen LogP contribution in [0, 0.1) is 6.92 Å². The van der Waals surface area contributed by atoms with Crippen LogP contribution in [-0.2, 0) is 11.2 Å². The number of para-hydroxylation sites is 1. The van der Waals surface area contributed by atoms with Crippen LogP contribution in [0.2, 0.25) is 0 Å². The first-order chi connectivity index (χ1) is 30.0. The number of phenols is 1. The quantitative estimate of drug-likeness (QED) is 0.138. The Hall–Kier alpha value is -6.02. The zero-order valence-corrected chi connectivity index (χ0v) is 35.7. The largest absolute Gasteiger partial charge is 0.507 e. The van der Waals surface area contributed by atoms with Crippen molar-refractivity contribution in [2.75, 3.05) is 67.9 Å². The standard InChI is InChI=1S/C48H56FN9O4/c1-3-32-29-58(41-13-11-36(26-39(32)41)57-22-16-44(60)51-47(57)62)35-14-20-54(21-15-35)30-48(49)17-23-55(24-18-48)46(61)33-10-12-37(31(2)25-33)34-7-6-19-56(28-34)42-27-40(52-53-45(42)50)38-8-4-5-9-43(38)59/h4-5,8-13,25-27,29,34-35,59H,3,6-7,14-24,28,30H2,1-2H3,(H2,50,53)(H,51,60,62)/t34-/m0/s1. The Kier molecular flexibility index (Phi) is 11.4. The van der Waals surface area contributed by atoms with Crippen molar-refractivity contribution in [3.63, 3.8) is 0 Å². The number of phenolic OH excluding ortho intramolecular Hbond substituents is 1. The van der Waals surface area contributed by atoms with Gasteiger partial charge in [-0.15, -0.1) is 10.2 Å². The predicted octanol–water partition coefficient (Wildman–Crippen LogP) is 7.37. The summed E-state index contributed by atoms with van der Waals surface area (Å²) in [6.07, 6.45) is 7.82. The number of anilines is 3. The topological polar surface area (TPSA) is 153 Å². The molecule has 4 fully saturated rings. The van der Waals surface area contributed by atoms with Gasteiger partial charge in [-0.2, -0.15) is 0 Å². The van der Waals surface area contributed by atoms with Gasteiger partial charge < -0.3 is 30.1 Å². The number of nitrogen functional groups attached to an aromatic ring is 1. The normalized spacial score (nSPS) is 20.2. The number of aromatic hydroxyl groups is 1. The summed E-state index contributed by atoms with van der Waals surface area (Å²) in [5.74, 6) is 0.427. The van der Waals surface area contributed by atoms with E-state index in [1.165, 1.54) is 11.1 Å². The molecule has 1 atom stereocenters. The molecule has 0 bridgehead atoms. The van der Waals surface area contributed by atoms with Crippen LogP contribution in [0.1, 0.15) is 90.9 Å². The number of carbonyl (C=O) groups is 3. The van der Waals surface area contributed by atoms with Crippen LogP contribution in [0.4, 0.5) is 26.4 Å². The van der Waals surface area contributed by atoms with E-state index < -0.39 is 5.67 Å². The summed E-state index contributed by atoms with van der Waals surface area (Å²) >= 11 is 0. The molecule has 4 aliphatic heterocycles. The lowest BCUT2D eigenvalue weighted by atomic mass is 9.86. The second-order valence-corrected chi connectivity index (χ2v) is 17.7. The molecule has 6 heterocycles. The second-order valence-electron chi connectivity index (χ2n) is 17.7. The minimum Gasteiger partial charge on any atom is -0.507 e. The van der Waals surface area contributed by atoms with Crippen molar-refractivity contribution in [3.05, 3.63) is 95.2 Å². The molecular weight excluding hydrogens is 786 g/mol. The van der Waals surface area contributed by atoms with E-state index in [0.717, 1.165) is 86.1 Å². The molecule has 5 aromatic rings. The molecular formula is C48H56FN9O4. The van der Waals surface area contributed by atoms with E-state index in [4.69, 9.17) is 5.73 Å². The number of hydrogen-bond donors (Lipinski definition) is 3. The first-order valence-electron chi connectivity index (χ1n) is 22.2. The van der Waals surface area contributed by atoms with Gasteiger partial charge in [0, 0.05) is 117 Å². The lowest BCUT2D eigenvalue weighted by molar-refractivity contribution is -0.120. The number of halogens is 1. The smallest absolute Gasteiger partial charge is 0.328 e. The van der Waals surface area contributed by atoms with Crippen LogP contribution in [0.15, 0.2) is 72.9 Å². The number of amides is 4. The number of piperidine rings is 3. The van der Waals surface area contributed by atoms with E-state index in [2.05, 4.69) is 68.1 Å². The molecule has 3 aromatic carbocycles. The van der Waals surface area contributed by atoms with Gasteiger partial charge in [0.25, 0.3) is 5.91 Å². The predicted molar refractivity (Wildman–Crippen MR) is 239 cm³/mol. The first-order valence-corrected chi connectivity index (χ1v) is 22.2. The van der Waals surface area contributed by atoms with Crippen molar-refractivity contribution in [1.29, 1.82) is 0 Å². The van der Waals surface area contributed by atoms with Gasteiger partial charge in [0.2, 0.25) is 5.91 Å². The number of fused-ring (bicyclic) bond motifs is 1. The molecule has 0 unspecified atom stereocenters. The van der Waals surface area contributed by atoms with Crippen molar-refractivity contribution in [1.82, 2.24) is 29.9 Å². The number of alkyl halides is 1. The number of nitrogens with two attached hydrogens (primary N) is 1. The third kappa shape index (κ3) is 8.19. The Labute approximate surface area is 361 Å². The number of aryl methyl sites for hydroxylation is 2. The molecule has 13 nitrogen and oxygen atoms in total. The third-order valence-electron chi connectivity index (χ3n) is 13.7. The van der Waals surface area contributed by atoms with Crippen LogP contribution < -0.4 is 20.9 Å². The highest BCUT2D eigenvalue weighted by Crippen LogP contribution is 2.38. The van der Waals surface area contributed by atoms with Crippen molar-refractivity contribution in [3.8, 4) is 17.0 Å². The van der Waals surface area contributed by atoms with Gasteiger partial charge in [-0.05, 0) is 104 Å². The van der Waals surface area contributed by atoms with Crippen LogP contribution in [0.3, 0.4) is 0 Å². The van der Waals surface area contributed by atoms with Crippen molar-refractivity contribution >= 4 is 45.9 Å². The molecule has 4 saturated heterocycles. The average Bonchev–Trinajstić information content (AvgIpc) is 3.65. The van der Waals surface area contributed by atoms with E-state index >= 15 is 4.39 Å². The minimum atomic E-state index is -1.34. The molecule has 4 N–H and O–H groups in total. The van der Waals surface area contributed by atoms with Gasteiger partial charge in [0.05, 0.1) is 11.4 Å². The fraction of sp³-hybridized carbons (Fsp3) is 0.438. The molecule has 0 spiro atoms. The highest BCUT2D eigenvalue weighted by atomic mass is 19.1. The van der Waals surface area contributed by atoms with Crippen LogP contribution >= 0.6 is 0 Å². The molecule has 0 saturated carbocycles. The van der Waals surface area contributed by atoms with E-state index in [0.29, 0.717) is 67.7 Å². The molecule has 4 aliphatic rings. The maximum absolute atomic E-state index is 16.5. The number of carbonyl (C=O) groups excluding carboxylic acids is 3. The maximum Gasteiger partial charge on any atom is 0.328 e. The number of nitrogens with one attached hydrogen (secondary N) is 1. The van der Waals surface area contributed by atoms with Gasteiger partial charge in [-0.25, -0.2) is 9.18 Å². The highest BCUT2D eigenvalue weighted by molar-refractivity contribution is 6.06. The summed E-state index contributed by atoms with van der Waals surface area (Å²) in [6.45, 7) is 8.90. The number of likely N-dealkylation sites (tertiary alicyclic amines) is 2. The van der Waals surface area contributed by atoms with Gasteiger partial charge in [-0.1, -0.05) is 25.1 Å². The Bertz CT molecular complexity index is 2510. The van der Waals surface area contributed by atoms with Crippen molar-refractivity contribution in [2.24, 2.45) is 0 Å². The molecule has 4 amide bonds. The molecule has 9 rings (SSSR count). The van der Waals surface area contributed by atoms with Crippen LogP contribution in [0.5, 0.6) is 5.75 Å². The number of aromatic nitrogens is 3. The molecule has 2 aromatic heterocycles. The summed E-state index contributed by atoms with van der Waals surface area (Å²) in [6, 6.07) is 21.0. The Morgan fingerprint density at radius 1 is 0.952 bits per heavy atom. The molecule has 0 radical (unpaired) electrons. The third-order valence-corrected chi connectivity index (χ3v) is 13.7. The summed E-state index contributed by atoms with van der Waals surface area (Å²) in [5.41, 5.74) is 13.0. The summed E-state index contributed by atoms with van der Waals surface area (Å²) in [5, 5.41) is 22.4. The SMILES string of the molecule is CCc1cn(C2CCN(CC3(F)CCN(C(=O)c4ccc([C@H]5CCCN(c6cc(-c7ccccc7O)nnc6N)C5)c(C)c4)CC3)CC2)c2ccc(N3CCC(=O)NC3=O)cc12. The van der Waals surface area contributed by atoms with Crippen LogP contribution in [0.25, 0.3) is 22.2 Å². The monoisotopic (exact) mass is 841 g/mol. The number of nitrogens with zero attached hydrogens (tertiary/aromatic N) is 7. The van der Waals surface area contributed by atoms with E-state index in [1.807, 2.05) is 41.3 Å². The molecule has 14 heteroatoms. The average molecular weight is 842 g/mol. The lowest BCUT2D eigenvalue weighted by Gasteiger charge is -2.41. The van der Waals surface area contributed by atoms with E-state index in [1.54, 1.807) is 17.0 Å². The molecule has 62 heavy (non-hydrogen) atoms. The molecule has 0 aliphatic carbocycles. The second kappa shape index (κ2) is 17.0. The summed E-state index contributed by atoms with van der Waals surface area (Å²) in [7, 11) is 0. The van der Waals surface area contributed by atoms with Crippen molar-refractivity contribution in [2.45, 2.75) is 82.8 Å². The van der Waals surface area contributed by atoms with Gasteiger partial charge in [0.1, 0.15) is 11.4 Å². The number of urea groups is 1. The summed E-state index contributed by atoms with van der Waals surface area (Å²) < 4.78 is 18.8. The molecule has 324 valence electrons. The van der Waals surface area contributed by atoms with E-state index in [-0.39, 0.29) is 35.9 Å². The minimum absolute atomic E-state index is 0.0491. The highest BCUT2D eigenvalue weighted by Gasteiger charge is 2.39. The summed E-state index contributed by atoms with van der Waals surface area (Å²) in [4.78, 5) is 46.0. The van der Waals surface area contributed by atoms with Crippen molar-refractivity contribution < 1.29 is 23.9 Å². The maximum atomic E-state index is 16.5. The lowest BCUT2D eigenvalue weighted by Crippen LogP contribution is -2.51. The Morgan fingerprint density at radius 2 is 1.74 bits per heavy atom.